The molecule has 3 N–H and O–H groups in total. The lowest BCUT2D eigenvalue weighted by molar-refractivity contribution is -0.122. The molecule has 0 fully saturated rings. The second-order valence-electron chi connectivity index (χ2n) is 6.34. The van der Waals surface area contributed by atoms with Gasteiger partial charge in [-0.15, -0.1) is 10.2 Å². The number of rotatable bonds is 7. The van der Waals surface area contributed by atoms with Crippen LogP contribution in [0.15, 0.2) is 40.1 Å². The number of benzene rings is 1. The summed E-state index contributed by atoms with van der Waals surface area (Å²) in [4.78, 5) is 27.1. The lowest BCUT2D eigenvalue weighted by Crippen LogP contribution is -2.34. The van der Waals surface area contributed by atoms with Crippen molar-refractivity contribution < 1.29 is 14.0 Å². The second-order valence-corrected chi connectivity index (χ2v) is 7.27. The molecule has 8 nitrogen and oxygen atoms in total. The summed E-state index contributed by atoms with van der Waals surface area (Å²) in [6.45, 7) is 5.78. The highest BCUT2D eigenvalue weighted by atomic mass is 32.2. The van der Waals surface area contributed by atoms with Gasteiger partial charge < -0.3 is 20.0 Å². The van der Waals surface area contributed by atoms with Gasteiger partial charge in [0.1, 0.15) is 5.69 Å². The molecule has 0 aliphatic heterocycles. The van der Waals surface area contributed by atoms with E-state index >= 15 is 0 Å². The summed E-state index contributed by atoms with van der Waals surface area (Å²) in [6.07, 6.45) is 1.75. The summed E-state index contributed by atoms with van der Waals surface area (Å²) in [5.74, 6) is -0.143. The van der Waals surface area contributed by atoms with Gasteiger partial charge >= 0.3 is 0 Å². The zero-order valence-corrected chi connectivity index (χ0v) is 16.6. The fourth-order valence-electron chi connectivity index (χ4n) is 2.76. The lowest BCUT2D eigenvalue weighted by Gasteiger charge is -2.13. The van der Waals surface area contributed by atoms with E-state index in [1.807, 2.05) is 45.0 Å². The Morgan fingerprint density at radius 1 is 1.14 bits per heavy atom. The topological polar surface area (TPSA) is 113 Å². The number of H-pyrrole nitrogens is 1. The number of nitrogens with one attached hydrogen (secondary N) is 3. The molecular formula is C19H21N5O3S. The van der Waals surface area contributed by atoms with Crippen molar-refractivity contribution in [2.75, 3.05) is 17.6 Å². The maximum Gasteiger partial charge on any atom is 0.277 e. The monoisotopic (exact) mass is 399 g/mol. The van der Waals surface area contributed by atoms with E-state index in [-0.39, 0.29) is 29.3 Å². The third-order valence-corrected chi connectivity index (χ3v) is 4.77. The number of hydrogen-bond acceptors (Lipinski definition) is 6. The van der Waals surface area contributed by atoms with E-state index < -0.39 is 0 Å². The Morgan fingerprint density at radius 2 is 1.89 bits per heavy atom. The van der Waals surface area contributed by atoms with Crippen LogP contribution in [0.2, 0.25) is 0 Å². The van der Waals surface area contributed by atoms with E-state index in [0.717, 1.165) is 34.1 Å². The fraction of sp³-hybridized carbons (Fsp3) is 0.263. The van der Waals surface area contributed by atoms with Crippen LogP contribution >= 0.6 is 11.8 Å². The largest absolute Gasteiger partial charge is 0.410 e. The maximum atomic E-state index is 12.1. The number of nitrogens with zero attached hydrogens (tertiary/aromatic N) is 2. The SMILES string of the molecule is Cc1cc(C)c(NC(=O)CNC(=O)CSc2nnc(-c3ccc[nH]3)o2)c(C)c1. The van der Waals surface area contributed by atoms with E-state index in [9.17, 15) is 9.59 Å². The minimum absolute atomic E-state index is 0.0717. The molecule has 0 bridgehead atoms. The van der Waals surface area contributed by atoms with E-state index in [1.54, 1.807) is 6.20 Å². The normalized spacial score (nSPS) is 10.7. The molecule has 0 saturated carbocycles. The maximum absolute atomic E-state index is 12.1. The molecule has 2 heterocycles. The third-order valence-electron chi connectivity index (χ3n) is 3.95. The van der Waals surface area contributed by atoms with Gasteiger partial charge in [0.25, 0.3) is 11.1 Å². The Morgan fingerprint density at radius 3 is 2.57 bits per heavy atom. The molecule has 0 atom stereocenters. The Balaban J connectivity index is 1.45. The van der Waals surface area contributed by atoms with Crippen LogP contribution in [0.3, 0.4) is 0 Å². The average Bonchev–Trinajstić information content (AvgIpc) is 3.32. The van der Waals surface area contributed by atoms with Crippen molar-refractivity contribution in [2.24, 2.45) is 0 Å². The minimum Gasteiger partial charge on any atom is -0.410 e. The van der Waals surface area contributed by atoms with Crippen molar-refractivity contribution in [3.05, 3.63) is 47.2 Å². The molecule has 2 amide bonds. The molecule has 3 aromatic rings. The molecule has 9 heteroatoms. The summed E-state index contributed by atoms with van der Waals surface area (Å²) < 4.78 is 5.47. The Kier molecular flexibility index (Phi) is 6.15. The van der Waals surface area contributed by atoms with Gasteiger partial charge in [-0.25, -0.2) is 0 Å². The van der Waals surface area contributed by atoms with Crippen molar-refractivity contribution in [1.82, 2.24) is 20.5 Å². The quantitative estimate of drug-likeness (QED) is 0.527. The van der Waals surface area contributed by atoms with Crippen LogP contribution < -0.4 is 10.6 Å². The molecule has 2 aromatic heterocycles. The molecule has 146 valence electrons. The number of aromatic nitrogens is 3. The molecule has 0 unspecified atom stereocenters. The molecule has 1 aromatic carbocycles. The summed E-state index contributed by atoms with van der Waals surface area (Å²) in [5.41, 5.74) is 4.60. The smallest absolute Gasteiger partial charge is 0.277 e. The van der Waals surface area contributed by atoms with Crippen LogP contribution in [-0.2, 0) is 9.59 Å². The standard InChI is InChI=1S/C19H21N5O3S/c1-11-7-12(2)17(13(3)8-11)22-15(25)9-21-16(26)10-28-19-24-23-18(27-19)14-5-4-6-20-14/h4-8,20H,9-10H2,1-3H3,(H,21,26)(H,22,25). The van der Waals surface area contributed by atoms with Gasteiger partial charge in [-0.2, -0.15) is 0 Å². The highest BCUT2D eigenvalue weighted by Gasteiger charge is 2.13. The number of carbonyl (C=O) groups is 2. The van der Waals surface area contributed by atoms with Crippen molar-refractivity contribution in [2.45, 2.75) is 26.0 Å². The zero-order chi connectivity index (χ0) is 20.1. The number of carbonyl (C=O) groups excluding carboxylic acids is 2. The molecule has 0 spiro atoms. The van der Waals surface area contributed by atoms with Crippen LogP contribution in [0, 0.1) is 20.8 Å². The number of hydrogen-bond donors (Lipinski definition) is 3. The molecule has 0 radical (unpaired) electrons. The first kappa shape index (κ1) is 19.7. The van der Waals surface area contributed by atoms with Crippen molar-refractivity contribution in [3.8, 4) is 11.6 Å². The van der Waals surface area contributed by atoms with Gasteiger partial charge in [0.2, 0.25) is 11.8 Å². The molecule has 0 aliphatic rings. The summed E-state index contributed by atoms with van der Waals surface area (Å²) in [6, 6.07) is 7.64. The van der Waals surface area contributed by atoms with Crippen molar-refractivity contribution in [3.63, 3.8) is 0 Å². The van der Waals surface area contributed by atoms with E-state index in [2.05, 4.69) is 25.8 Å². The first-order valence-corrected chi connectivity index (χ1v) is 9.65. The first-order valence-electron chi connectivity index (χ1n) is 8.67. The predicted molar refractivity (Wildman–Crippen MR) is 107 cm³/mol. The second kappa shape index (κ2) is 8.75. The number of aryl methyl sites for hydroxylation is 3. The van der Waals surface area contributed by atoms with Crippen LogP contribution in [0.1, 0.15) is 16.7 Å². The summed E-state index contributed by atoms with van der Waals surface area (Å²) in [7, 11) is 0. The number of thioether (sulfide) groups is 1. The van der Waals surface area contributed by atoms with Crippen molar-refractivity contribution >= 4 is 29.3 Å². The molecule has 0 saturated heterocycles. The summed E-state index contributed by atoms with van der Waals surface area (Å²) >= 11 is 1.11. The Labute approximate surface area is 166 Å². The Bertz CT molecular complexity index is 958. The van der Waals surface area contributed by atoms with Gasteiger partial charge in [-0.05, 0) is 44.0 Å². The first-order chi connectivity index (χ1) is 13.4. The van der Waals surface area contributed by atoms with Crippen LogP contribution in [0.4, 0.5) is 5.69 Å². The van der Waals surface area contributed by atoms with E-state index in [4.69, 9.17) is 4.42 Å². The summed E-state index contributed by atoms with van der Waals surface area (Å²) in [5, 5.41) is 13.5. The predicted octanol–water partition coefficient (Wildman–Crippen LogP) is 2.84. The van der Waals surface area contributed by atoms with Gasteiger partial charge in [0.05, 0.1) is 12.3 Å². The zero-order valence-electron chi connectivity index (χ0n) is 15.8. The van der Waals surface area contributed by atoms with Gasteiger partial charge in [-0.1, -0.05) is 29.5 Å². The molecule has 3 rings (SSSR count). The van der Waals surface area contributed by atoms with Gasteiger partial charge in [0.15, 0.2) is 0 Å². The van der Waals surface area contributed by atoms with E-state index in [1.165, 1.54) is 0 Å². The number of aromatic amines is 1. The van der Waals surface area contributed by atoms with Crippen LogP contribution in [0.25, 0.3) is 11.6 Å². The molecule has 28 heavy (non-hydrogen) atoms. The third kappa shape index (κ3) is 5.01. The highest BCUT2D eigenvalue weighted by molar-refractivity contribution is 7.99. The molecule has 0 aliphatic carbocycles. The van der Waals surface area contributed by atoms with Gasteiger partial charge in [-0.3, -0.25) is 9.59 Å². The average molecular weight is 399 g/mol. The fourth-order valence-corrected chi connectivity index (χ4v) is 3.35. The Hall–Kier alpha value is -3.07. The number of anilines is 1. The van der Waals surface area contributed by atoms with Gasteiger partial charge in [0, 0.05) is 11.9 Å². The number of amides is 2. The van der Waals surface area contributed by atoms with Crippen LogP contribution in [0.5, 0.6) is 0 Å². The van der Waals surface area contributed by atoms with E-state index in [0.29, 0.717) is 11.6 Å². The highest BCUT2D eigenvalue weighted by Crippen LogP contribution is 2.22. The lowest BCUT2D eigenvalue weighted by atomic mass is 10.1. The molecular weight excluding hydrogens is 378 g/mol. The van der Waals surface area contributed by atoms with Crippen molar-refractivity contribution in [1.29, 1.82) is 0 Å². The minimum atomic E-state index is -0.294. The van der Waals surface area contributed by atoms with Crippen LogP contribution in [-0.4, -0.2) is 39.3 Å².